The highest BCUT2D eigenvalue weighted by Gasteiger charge is 2.29. The van der Waals surface area contributed by atoms with E-state index in [0.29, 0.717) is 5.69 Å². The van der Waals surface area contributed by atoms with Crippen LogP contribution in [0.5, 0.6) is 0 Å². The van der Waals surface area contributed by atoms with Gasteiger partial charge in [0.2, 0.25) is 10.0 Å². The van der Waals surface area contributed by atoms with E-state index in [2.05, 4.69) is 0 Å². The van der Waals surface area contributed by atoms with Crippen LogP contribution in [0, 0.1) is 0 Å². The van der Waals surface area contributed by atoms with Crippen LogP contribution < -0.4 is 5.73 Å². The van der Waals surface area contributed by atoms with Crippen LogP contribution in [0.1, 0.15) is 6.42 Å². The molecule has 0 atom stereocenters. The topological polar surface area (TPSA) is 63.4 Å². The number of benzene rings is 1. The van der Waals surface area contributed by atoms with Crippen LogP contribution in [0.15, 0.2) is 29.2 Å². The zero-order valence-electron chi connectivity index (χ0n) is 11.4. The van der Waals surface area contributed by atoms with E-state index in [4.69, 9.17) is 5.73 Å². The average Bonchev–Trinajstić information content (AvgIpc) is 2.35. The predicted octanol–water partition coefficient (Wildman–Crippen LogP) is 2.57. The van der Waals surface area contributed by atoms with Crippen molar-refractivity contribution >= 4 is 27.5 Å². The van der Waals surface area contributed by atoms with Gasteiger partial charge in [-0.25, -0.2) is 12.7 Å². The van der Waals surface area contributed by atoms with E-state index in [0.717, 1.165) is 16.2 Å². The summed E-state index contributed by atoms with van der Waals surface area (Å²) in [6.07, 6.45) is -5.51. The lowest BCUT2D eigenvalue weighted by atomic mass is 10.3. The number of thioether (sulfide) groups is 1. The molecule has 0 fully saturated rings. The highest BCUT2D eigenvalue weighted by atomic mass is 32.2. The first-order valence-corrected chi connectivity index (χ1v) is 8.69. The molecule has 0 radical (unpaired) electrons. The van der Waals surface area contributed by atoms with Crippen LogP contribution in [0.3, 0.4) is 0 Å². The van der Waals surface area contributed by atoms with E-state index in [1.807, 2.05) is 0 Å². The first kappa shape index (κ1) is 18.1. The monoisotopic (exact) mass is 342 g/mol. The Kier molecular flexibility index (Phi) is 6.36. The maximum atomic E-state index is 12.1. The van der Waals surface area contributed by atoms with Gasteiger partial charge in [0.1, 0.15) is 0 Å². The van der Waals surface area contributed by atoms with Gasteiger partial charge in [0.05, 0.1) is 12.2 Å². The molecule has 0 spiro atoms. The van der Waals surface area contributed by atoms with Crippen molar-refractivity contribution in [2.45, 2.75) is 17.5 Å². The van der Waals surface area contributed by atoms with Gasteiger partial charge in [0.25, 0.3) is 0 Å². The van der Waals surface area contributed by atoms with Gasteiger partial charge in [-0.2, -0.15) is 13.2 Å². The summed E-state index contributed by atoms with van der Waals surface area (Å²) in [5, 5.41) is 0. The Balaban J connectivity index is 2.45. The highest BCUT2D eigenvalue weighted by molar-refractivity contribution is 8.00. The molecule has 0 unspecified atom stereocenters. The summed E-state index contributed by atoms with van der Waals surface area (Å²) in [7, 11) is -2.52. The molecule has 0 saturated carbocycles. The lowest BCUT2D eigenvalue weighted by molar-refractivity contribution is -0.135. The second-order valence-electron chi connectivity index (χ2n) is 4.42. The Morgan fingerprint density at radius 1 is 1.33 bits per heavy atom. The molecular formula is C12H17F3N2O2S2. The van der Waals surface area contributed by atoms with Gasteiger partial charge >= 0.3 is 6.18 Å². The molecule has 4 nitrogen and oxygen atoms in total. The minimum Gasteiger partial charge on any atom is -0.399 e. The van der Waals surface area contributed by atoms with Gasteiger partial charge in [-0.1, -0.05) is 6.07 Å². The van der Waals surface area contributed by atoms with Crippen LogP contribution in [0.2, 0.25) is 0 Å². The fourth-order valence-electron chi connectivity index (χ4n) is 1.45. The van der Waals surface area contributed by atoms with Crippen LogP contribution in [0.4, 0.5) is 18.9 Å². The van der Waals surface area contributed by atoms with Gasteiger partial charge < -0.3 is 5.73 Å². The number of nitrogen functional groups attached to an aromatic ring is 1. The first-order chi connectivity index (χ1) is 9.60. The fraction of sp³-hybridized carbons (Fsp3) is 0.500. The first-order valence-electron chi connectivity index (χ1n) is 6.09. The summed E-state index contributed by atoms with van der Waals surface area (Å²) < 4.78 is 60.6. The van der Waals surface area contributed by atoms with Gasteiger partial charge in [-0.15, -0.1) is 11.8 Å². The minimum atomic E-state index is -4.36. The fourth-order valence-corrected chi connectivity index (χ4v) is 3.94. The number of halogens is 3. The molecule has 9 heteroatoms. The van der Waals surface area contributed by atoms with Crippen LogP contribution in [0.25, 0.3) is 0 Å². The van der Waals surface area contributed by atoms with E-state index < -0.39 is 29.2 Å². The van der Waals surface area contributed by atoms with Gasteiger partial charge in [-0.05, 0) is 18.2 Å². The number of anilines is 1. The SMILES string of the molecule is CN(CCC(F)(F)F)S(=O)(=O)CCSc1cccc(N)c1. The number of nitrogens with zero attached hydrogens (tertiary/aromatic N) is 1. The number of hydrogen-bond acceptors (Lipinski definition) is 4. The van der Waals surface area contributed by atoms with Crippen molar-refractivity contribution in [3.8, 4) is 0 Å². The predicted molar refractivity (Wildman–Crippen MR) is 78.7 cm³/mol. The molecule has 0 saturated heterocycles. The Hall–Kier alpha value is -0.930. The number of alkyl halides is 3. The lowest BCUT2D eigenvalue weighted by Gasteiger charge is -2.17. The summed E-state index contributed by atoms with van der Waals surface area (Å²) in [5.74, 6) is 0.0307. The van der Waals surface area contributed by atoms with Crippen molar-refractivity contribution in [2.24, 2.45) is 0 Å². The van der Waals surface area contributed by atoms with E-state index in [1.54, 1.807) is 24.3 Å². The zero-order valence-corrected chi connectivity index (χ0v) is 13.1. The third-order valence-corrected chi connectivity index (χ3v) is 5.76. The smallest absolute Gasteiger partial charge is 0.390 e. The third-order valence-electron chi connectivity index (χ3n) is 2.65. The molecular weight excluding hydrogens is 325 g/mol. The van der Waals surface area contributed by atoms with Crippen molar-refractivity contribution in [1.29, 1.82) is 0 Å². The molecule has 0 aliphatic heterocycles. The molecule has 0 aromatic heterocycles. The molecule has 21 heavy (non-hydrogen) atoms. The summed E-state index contributed by atoms with van der Waals surface area (Å²) in [6, 6.07) is 6.97. The number of nitrogens with two attached hydrogens (primary N) is 1. The molecule has 0 amide bonds. The lowest BCUT2D eigenvalue weighted by Crippen LogP contribution is -2.33. The summed E-state index contributed by atoms with van der Waals surface area (Å²) in [6.45, 7) is -0.561. The Morgan fingerprint density at radius 3 is 2.57 bits per heavy atom. The Bertz CT molecular complexity index is 562. The number of sulfonamides is 1. The average molecular weight is 342 g/mol. The summed E-state index contributed by atoms with van der Waals surface area (Å²) >= 11 is 1.29. The Labute approximate surface area is 126 Å². The van der Waals surface area contributed by atoms with Crippen molar-refractivity contribution in [1.82, 2.24) is 4.31 Å². The van der Waals surface area contributed by atoms with Gasteiger partial charge in [-0.3, -0.25) is 0 Å². The maximum Gasteiger partial charge on any atom is 0.390 e. The van der Waals surface area contributed by atoms with Crippen LogP contribution in [-0.2, 0) is 10.0 Å². The van der Waals surface area contributed by atoms with Crippen LogP contribution in [-0.4, -0.2) is 44.0 Å². The van der Waals surface area contributed by atoms with Crippen molar-refractivity contribution in [3.63, 3.8) is 0 Å². The normalized spacial score (nSPS) is 12.8. The van der Waals surface area contributed by atoms with Crippen molar-refractivity contribution in [3.05, 3.63) is 24.3 Å². The van der Waals surface area contributed by atoms with Gasteiger partial charge in [0.15, 0.2) is 0 Å². The molecule has 1 rings (SSSR count). The maximum absolute atomic E-state index is 12.1. The molecule has 0 heterocycles. The zero-order chi connectivity index (χ0) is 16.1. The molecule has 2 N–H and O–H groups in total. The molecule has 120 valence electrons. The van der Waals surface area contributed by atoms with Gasteiger partial charge in [0, 0.05) is 29.9 Å². The molecule has 1 aromatic rings. The Morgan fingerprint density at radius 2 is 2.00 bits per heavy atom. The molecule has 0 aliphatic carbocycles. The standard InChI is InChI=1S/C12H17F3N2O2S2/c1-17(6-5-12(13,14)15)21(18,19)8-7-20-11-4-2-3-10(16)9-11/h2-4,9H,5-8,16H2,1H3. The number of hydrogen-bond donors (Lipinski definition) is 1. The number of rotatable bonds is 7. The van der Waals surface area contributed by atoms with Crippen LogP contribution >= 0.6 is 11.8 Å². The third kappa shape index (κ3) is 7.05. The van der Waals surface area contributed by atoms with E-state index in [9.17, 15) is 21.6 Å². The summed E-state index contributed by atoms with van der Waals surface area (Å²) in [5.41, 5.74) is 6.17. The van der Waals surface area contributed by atoms with Crippen molar-refractivity contribution in [2.75, 3.05) is 30.8 Å². The van der Waals surface area contributed by atoms with Crippen molar-refractivity contribution < 1.29 is 21.6 Å². The largest absolute Gasteiger partial charge is 0.399 e. The van der Waals surface area contributed by atoms with E-state index >= 15 is 0 Å². The highest BCUT2D eigenvalue weighted by Crippen LogP contribution is 2.22. The molecule has 0 aliphatic rings. The minimum absolute atomic E-state index is 0.221. The quantitative estimate of drug-likeness (QED) is 0.611. The summed E-state index contributed by atoms with van der Waals surface area (Å²) in [4.78, 5) is 0.822. The van der Waals surface area contributed by atoms with E-state index in [-0.39, 0.29) is 11.5 Å². The molecule has 0 bridgehead atoms. The second-order valence-corrected chi connectivity index (χ2v) is 7.79. The van der Waals surface area contributed by atoms with E-state index in [1.165, 1.54) is 11.8 Å². The molecule has 1 aromatic carbocycles. The second kappa shape index (κ2) is 7.37.